The van der Waals surface area contributed by atoms with Crippen LogP contribution in [0, 0.1) is 11.8 Å². The van der Waals surface area contributed by atoms with Crippen molar-refractivity contribution in [3.05, 3.63) is 58.7 Å². The largest absolute Gasteiger partial charge is 0.371 e. The van der Waals surface area contributed by atoms with Crippen LogP contribution in [0.15, 0.2) is 36.4 Å². The fraction of sp³-hybridized carbons (Fsp3) is 0.565. The maximum absolute atomic E-state index is 13.1. The molecule has 69 heavy (non-hydrogen) atoms. The Morgan fingerprint density at radius 2 is 0.754 bits per heavy atom. The predicted octanol–water partition coefficient (Wildman–Crippen LogP) is 2.53. The SMILES string of the molecule is Cl.Cl.Cl.Cl.Cl.O=C1CCC(N2C(=O)c3ccc(N4CCC(CN5CCNCC5)CC4)cc3C2=O)C(=O)N1.O=C1CCC(N2C(=O)c3ccc(N4CCC(CN5CCNCC5)CC4)cc3C2=O)C(=O)N1. The van der Waals surface area contributed by atoms with Gasteiger partial charge in [0, 0.05) is 116 Å². The summed E-state index contributed by atoms with van der Waals surface area (Å²) >= 11 is 0. The molecular formula is C46H63Cl5N10O8. The van der Waals surface area contributed by atoms with E-state index in [1.807, 2.05) is 12.1 Å². The minimum atomic E-state index is -0.927. The lowest BCUT2D eigenvalue weighted by molar-refractivity contribution is -0.137. The molecule has 2 aromatic rings. The molecule has 8 heterocycles. The Labute approximate surface area is 433 Å². The number of amides is 8. The Hall–Kier alpha value is -4.11. The lowest BCUT2D eigenvalue weighted by atomic mass is 9.95. The molecule has 6 fully saturated rings. The van der Waals surface area contributed by atoms with Crippen molar-refractivity contribution >= 4 is 121 Å². The van der Waals surface area contributed by atoms with E-state index >= 15 is 0 Å². The monoisotopic (exact) mass is 1060 g/mol. The van der Waals surface area contributed by atoms with Crippen molar-refractivity contribution in [2.45, 2.75) is 63.5 Å². The molecule has 2 atom stereocenters. The van der Waals surface area contributed by atoms with Crippen molar-refractivity contribution in [1.82, 2.24) is 40.9 Å². The molecule has 4 N–H and O–H groups in total. The average molecular weight is 1060 g/mol. The van der Waals surface area contributed by atoms with Gasteiger partial charge in [-0.1, -0.05) is 0 Å². The smallest absolute Gasteiger partial charge is 0.262 e. The molecule has 2 aromatic carbocycles. The fourth-order valence-corrected chi connectivity index (χ4v) is 10.6. The van der Waals surface area contributed by atoms with Crippen LogP contribution in [0.2, 0.25) is 0 Å². The molecule has 8 aliphatic rings. The maximum Gasteiger partial charge on any atom is 0.262 e. The molecule has 380 valence electrons. The van der Waals surface area contributed by atoms with E-state index < -0.39 is 47.5 Å². The van der Waals surface area contributed by atoms with Crippen molar-refractivity contribution in [3.63, 3.8) is 0 Å². The summed E-state index contributed by atoms with van der Waals surface area (Å²) in [6, 6.07) is 8.92. The van der Waals surface area contributed by atoms with Gasteiger partial charge in [0.05, 0.1) is 22.3 Å². The highest BCUT2D eigenvalue weighted by atomic mass is 35.5. The summed E-state index contributed by atoms with van der Waals surface area (Å²) < 4.78 is 0. The van der Waals surface area contributed by atoms with E-state index in [1.54, 1.807) is 24.3 Å². The zero-order valence-electron chi connectivity index (χ0n) is 38.3. The molecule has 8 amide bonds. The second-order valence-corrected chi connectivity index (χ2v) is 18.3. The number of rotatable bonds is 8. The predicted molar refractivity (Wildman–Crippen MR) is 271 cm³/mol. The number of carbonyl (C=O) groups is 8. The van der Waals surface area contributed by atoms with Crippen molar-refractivity contribution in [2.75, 3.05) is 101 Å². The molecule has 2 unspecified atom stereocenters. The third-order valence-corrected chi connectivity index (χ3v) is 14.3. The zero-order chi connectivity index (χ0) is 44.5. The Morgan fingerprint density at radius 3 is 1.09 bits per heavy atom. The number of nitrogens with zero attached hydrogens (tertiary/aromatic N) is 6. The van der Waals surface area contributed by atoms with E-state index in [0.717, 1.165) is 138 Å². The first-order valence-corrected chi connectivity index (χ1v) is 23.1. The number of hydrogen-bond acceptors (Lipinski definition) is 14. The zero-order valence-corrected chi connectivity index (χ0v) is 42.4. The van der Waals surface area contributed by atoms with Crippen LogP contribution < -0.4 is 31.1 Å². The van der Waals surface area contributed by atoms with E-state index in [1.165, 1.54) is 0 Å². The van der Waals surface area contributed by atoms with Gasteiger partial charge in [-0.05, 0) is 86.8 Å². The van der Waals surface area contributed by atoms with Crippen molar-refractivity contribution in [3.8, 4) is 0 Å². The van der Waals surface area contributed by atoms with Crippen LogP contribution in [0.1, 0.15) is 92.8 Å². The van der Waals surface area contributed by atoms with E-state index in [9.17, 15) is 38.4 Å². The Balaban J connectivity index is 0.000000280. The number of piperidine rings is 4. The van der Waals surface area contributed by atoms with Gasteiger partial charge in [-0.3, -0.25) is 58.8 Å². The molecule has 0 saturated carbocycles. The van der Waals surface area contributed by atoms with Crippen LogP contribution in [-0.2, 0) is 19.2 Å². The molecule has 10 rings (SSSR count). The quantitative estimate of drug-likeness (QED) is 0.281. The van der Waals surface area contributed by atoms with Gasteiger partial charge in [-0.2, -0.15) is 0 Å². The van der Waals surface area contributed by atoms with Gasteiger partial charge in [0.25, 0.3) is 23.6 Å². The summed E-state index contributed by atoms with van der Waals surface area (Å²) in [6.07, 6.45) is 5.02. The Kier molecular flexibility index (Phi) is 21.1. The molecule has 0 aromatic heterocycles. The van der Waals surface area contributed by atoms with Crippen LogP contribution in [0.3, 0.4) is 0 Å². The first-order chi connectivity index (χ1) is 31.0. The number of halogens is 5. The Bertz CT molecular complexity index is 2080. The lowest BCUT2D eigenvalue weighted by Crippen LogP contribution is -2.54. The minimum absolute atomic E-state index is 0. The molecule has 23 heteroatoms. The number of nitrogens with one attached hydrogen (secondary N) is 4. The lowest BCUT2D eigenvalue weighted by Gasteiger charge is -2.37. The highest BCUT2D eigenvalue weighted by molar-refractivity contribution is 6.24. The number of benzene rings is 2. The van der Waals surface area contributed by atoms with Crippen LogP contribution >= 0.6 is 62.0 Å². The van der Waals surface area contributed by atoms with E-state index in [-0.39, 0.29) is 99.5 Å². The van der Waals surface area contributed by atoms with Crippen LogP contribution in [0.5, 0.6) is 0 Å². The molecular weight excluding hydrogens is 998 g/mol. The third-order valence-electron chi connectivity index (χ3n) is 14.3. The molecule has 6 saturated heterocycles. The normalized spacial score (nSPS) is 23.5. The van der Waals surface area contributed by atoms with Gasteiger partial charge in [0.15, 0.2) is 0 Å². The number of anilines is 2. The van der Waals surface area contributed by atoms with Crippen LogP contribution in [0.4, 0.5) is 11.4 Å². The Morgan fingerprint density at radius 1 is 0.420 bits per heavy atom. The maximum atomic E-state index is 13.1. The van der Waals surface area contributed by atoms with Crippen LogP contribution in [-0.4, -0.2) is 171 Å². The van der Waals surface area contributed by atoms with Crippen molar-refractivity contribution in [1.29, 1.82) is 0 Å². The summed E-state index contributed by atoms with van der Waals surface area (Å²) in [6.45, 7) is 14.7. The van der Waals surface area contributed by atoms with Gasteiger partial charge in [0.1, 0.15) is 12.1 Å². The molecule has 8 aliphatic heterocycles. The van der Waals surface area contributed by atoms with Gasteiger partial charge in [0.2, 0.25) is 23.6 Å². The average Bonchev–Trinajstić information content (AvgIpc) is 3.70. The molecule has 18 nitrogen and oxygen atoms in total. The van der Waals surface area contributed by atoms with Crippen molar-refractivity contribution in [2.24, 2.45) is 11.8 Å². The van der Waals surface area contributed by atoms with Gasteiger partial charge >= 0.3 is 0 Å². The highest BCUT2D eigenvalue weighted by Crippen LogP contribution is 2.34. The standard InChI is InChI=1S/2C23H29N5O4.5ClH/c2*29-20-4-3-19(21(30)25-20)28-22(31)17-2-1-16(13-18(17)23(28)32)27-9-5-15(6-10-27)14-26-11-7-24-8-12-26;;;;;/h2*1-2,13,15,19,24H,3-12,14H2,(H,25,29,30);5*1H. The van der Waals surface area contributed by atoms with Crippen LogP contribution in [0.25, 0.3) is 0 Å². The summed E-state index contributed by atoms with van der Waals surface area (Å²) in [4.78, 5) is 111. The van der Waals surface area contributed by atoms with E-state index in [0.29, 0.717) is 34.1 Å². The molecule has 0 aliphatic carbocycles. The second kappa shape index (κ2) is 25.3. The topological polar surface area (TPSA) is 204 Å². The van der Waals surface area contributed by atoms with Gasteiger partial charge < -0.3 is 30.2 Å². The second-order valence-electron chi connectivity index (χ2n) is 18.3. The van der Waals surface area contributed by atoms with E-state index in [4.69, 9.17) is 0 Å². The number of hydrogen-bond donors (Lipinski definition) is 4. The molecule has 0 radical (unpaired) electrons. The van der Waals surface area contributed by atoms with Gasteiger partial charge in [-0.25, -0.2) is 0 Å². The summed E-state index contributed by atoms with van der Waals surface area (Å²) in [5.74, 6) is -2.34. The summed E-state index contributed by atoms with van der Waals surface area (Å²) in [5, 5.41) is 11.3. The number of piperazine rings is 2. The number of carbonyl (C=O) groups excluding carboxylic acids is 8. The van der Waals surface area contributed by atoms with Gasteiger partial charge in [-0.15, -0.1) is 62.0 Å². The molecule has 0 spiro atoms. The fourth-order valence-electron chi connectivity index (χ4n) is 10.6. The highest BCUT2D eigenvalue weighted by Gasteiger charge is 2.46. The number of imide groups is 4. The number of fused-ring (bicyclic) bond motifs is 2. The van der Waals surface area contributed by atoms with E-state index in [2.05, 4.69) is 40.9 Å². The minimum Gasteiger partial charge on any atom is -0.371 e. The first kappa shape index (κ1) is 57.5. The molecule has 0 bridgehead atoms. The third kappa shape index (κ3) is 12.5. The first-order valence-electron chi connectivity index (χ1n) is 23.1. The van der Waals surface area contributed by atoms with Crippen molar-refractivity contribution < 1.29 is 38.4 Å². The summed E-state index contributed by atoms with van der Waals surface area (Å²) in [5.41, 5.74) is 3.24. The summed E-state index contributed by atoms with van der Waals surface area (Å²) in [7, 11) is 0.